The van der Waals surface area contributed by atoms with E-state index in [9.17, 15) is 4.39 Å². The van der Waals surface area contributed by atoms with E-state index in [0.29, 0.717) is 0 Å². The van der Waals surface area contributed by atoms with Crippen LogP contribution >= 0.6 is 22.9 Å². The van der Waals surface area contributed by atoms with Gasteiger partial charge < -0.3 is 0 Å². The summed E-state index contributed by atoms with van der Waals surface area (Å²) in [7, 11) is 0. The van der Waals surface area contributed by atoms with E-state index in [4.69, 9.17) is 11.6 Å². The average Bonchev–Trinajstić information content (AvgIpc) is 2.53. The zero-order valence-corrected chi connectivity index (χ0v) is 8.20. The first-order valence-corrected chi connectivity index (χ1v) is 5.01. The Kier molecular flexibility index (Phi) is 2.34. The molecule has 0 saturated carbocycles. The van der Waals surface area contributed by atoms with E-state index >= 15 is 0 Å². The molecule has 3 heteroatoms. The normalized spacial score (nSPS) is 10.3. The Hall–Kier alpha value is -0.860. The van der Waals surface area contributed by atoms with Gasteiger partial charge in [0.1, 0.15) is 5.82 Å². The second kappa shape index (κ2) is 3.48. The third-order valence-electron chi connectivity index (χ3n) is 1.70. The Morgan fingerprint density at radius 3 is 2.38 bits per heavy atom. The molecule has 0 amide bonds. The molecule has 2 aromatic rings. The van der Waals surface area contributed by atoms with Gasteiger partial charge in [0.2, 0.25) is 0 Å². The first-order chi connectivity index (χ1) is 6.25. The lowest BCUT2D eigenvalue weighted by molar-refractivity contribution is 0.628. The number of hydrogen-bond acceptors (Lipinski definition) is 1. The lowest BCUT2D eigenvalue weighted by Gasteiger charge is -1.95. The van der Waals surface area contributed by atoms with Gasteiger partial charge in [-0.15, -0.1) is 11.3 Å². The van der Waals surface area contributed by atoms with Gasteiger partial charge in [-0.25, -0.2) is 4.39 Å². The van der Waals surface area contributed by atoms with Crippen LogP contribution in [-0.4, -0.2) is 0 Å². The highest BCUT2D eigenvalue weighted by Crippen LogP contribution is 2.29. The molecule has 0 unspecified atom stereocenters. The van der Waals surface area contributed by atoms with Crippen LogP contribution in [0.4, 0.5) is 4.39 Å². The van der Waals surface area contributed by atoms with Crippen LogP contribution in [0.5, 0.6) is 0 Å². The standard InChI is InChI=1S/C10H6ClFS/c11-8-5-10(13-6-8)7-1-3-9(12)4-2-7/h1-6H. The van der Waals surface area contributed by atoms with Crippen molar-refractivity contribution in [2.24, 2.45) is 0 Å². The molecule has 0 fully saturated rings. The molecule has 1 heterocycles. The molecule has 13 heavy (non-hydrogen) atoms. The zero-order valence-electron chi connectivity index (χ0n) is 6.63. The lowest BCUT2D eigenvalue weighted by Crippen LogP contribution is -1.73. The first kappa shape index (κ1) is 8.73. The summed E-state index contributed by atoms with van der Waals surface area (Å²) < 4.78 is 12.6. The molecule has 0 spiro atoms. The Morgan fingerprint density at radius 2 is 1.85 bits per heavy atom. The van der Waals surface area contributed by atoms with Crippen molar-refractivity contribution in [1.29, 1.82) is 0 Å². The van der Waals surface area contributed by atoms with Crippen LogP contribution in [0.25, 0.3) is 10.4 Å². The van der Waals surface area contributed by atoms with E-state index in [2.05, 4.69) is 0 Å². The highest BCUT2D eigenvalue weighted by molar-refractivity contribution is 7.14. The molecule has 0 saturated heterocycles. The summed E-state index contributed by atoms with van der Waals surface area (Å²) in [4.78, 5) is 1.06. The summed E-state index contributed by atoms with van der Waals surface area (Å²) in [5.74, 6) is -0.216. The third-order valence-corrected chi connectivity index (χ3v) is 3.02. The maximum Gasteiger partial charge on any atom is 0.123 e. The van der Waals surface area contributed by atoms with Crippen LogP contribution < -0.4 is 0 Å². The largest absolute Gasteiger partial charge is 0.207 e. The van der Waals surface area contributed by atoms with E-state index in [0.717, 1.165) is 15.5 Å². The number of benzene rings is 1. The summed E-state index contributed by atoms with van der Waals surface area (Å²) in [5.41, 5.74) is 0.998. The van der Waals surface area contributed by atoms with Crippen LogP contribution in [0.15, 0.2) is 35.7 Å². The minimum atomic E-state index is -0.216. The van der Waals surface area contributed by atoms with Gasteiger partial charge in [-0.2, -0.15) is 0 Å². The van der Waals surface area contributed by atoms with Crippen molar-refractivity contribution in [3.63, 3.8) is 0 Å². The Morgan fingerprint density at radius 1 is 1.15 bits per heavy atom. The van der Waals surface area contributed by atoms with Crippen molar-refractivity contribution in [1.82, 2.24) is 0 Å². The van der Waals surface area contributed by atoms with Crippen molar-refractivity contribution in [2.75, 3.05) is 0 Å². The molecular formula is C10H6ClFS. The second-order valence-corrected chi connectivity index (χ2v) is 3.98. The average molecular weight is 213 g/mol. The SMILES string of the molecule is Fc1ccc(-c2cc(Cl)cs2)cc1. The molecule has 1 aromatic carbocycles. The number of rotatable bonds is 1. The van der Waals surface area contributed by atoms with Crippen LogP contribution in [0.2, 0.25) is 5.02 Å². The van der Waals surface area contributed by atoms with Gasteiger partial charge in [-0.3, -0.25) is 0 Å². The molecule has 0 N–H and O–H groups in total. The number of thiophene rings is 1. The smallest absolute Gasteiger partial charge is 0.123 e. The third kappa shape index (κ3) is 1.90. The molecule has 0 bridgehead atoms. The maximum absolute atomic E-state index is 12.6. The summed E-state index contributed by atoms with van der Waals surface area (Å²) in [6, 6.07) is 8.26. The van der Waals surface area contributed by atoms with Gasteiger partial charge in [0, 0.05) is 10.3 Å². The zero-order chi connectivity index (χ0) is 9.26. The fourth-order valence-corrected chi connectivity index (χ4v) is 2.16. The molecule has 2 rings (SSSR count). The molecule has 66 valence electrons. The maximum atomic E-state index is 12.6. The Bertz CT molecular complexity index is 405. The van der Waals surface area contributed by atoms with Crippen LogP contribution in [-0.2, 0) is 0 Å². The molecule has 1 aromatic heterocycles. The predicted octanol–water partition coefficient (Wildman–Crippen LogP) is 4.21. The molecule has 0 radical (unpaired) electrons. The molecule has 0 aliphatic rings. The van der Waals surface area contributed by atoms with E-state index in [1.165, 1.54) is 12.1 Å². The Labute approximate surface area is 84.6 Å². The number of halogens is 2. The highest BCUT2D eigenvalue weighted by Gasteiger charge is 2.00. The number of hydrogen-bond donors (Lipinski definition) is 0. The van der Waals surface area contributed by atoms with Gasteiger partial charge in [0.15, 0.2) is 0 Å². The lowest BCUT2D eigenvalue weighted by atomic mass is 10.2. The molecular weight excluding hydrogens is 207 g/mol. The molecule has 0 aliphatic carbocycles. The van der Waals surface area contributed by atoms with Gasteiger partial charge in [0.05, 0.1) is 5.02 Å². The summed E-state index contributed by atoms with van der Waals surface area (Å²) in [6.45, 7) is 0. The summed E-state index contributed by atoms with van der Waals surface area (Å²) in [5, 5.41) is 2.59. The van der Waals surface area contributed by atoms with E-state index in [-0.39, 0.29) is 5.82 Å². The Balaban J connectivity index is 2.41. The molecule has 0 atom stereocenters. The van der Waals surface area contributed by atoms with E-state index < -0.39 is 0 Å². The summed E-state index contributed by atoms with van der Waals surface area (Å²) >= 11 is 7.33. The van der Waals surface area contributed by atoms with E-state index in [1.54, 1.807) is 23.5 Å². The monoisotopic (exact) mass is 212 g/mol. The fraction of sp³-hybridized carbons (Fsp3) is 0. The fourth-order valence-electron chi connectivity index (χ4n) is 1.08. The minimum absolute atomic E-state index is 0.216. The van der Waals surface area contributed by atoms with Crippen molar-refractivity contribution in [3.05, 3.63) is 46.6 Å². The van der Waals surface area contributed by atoms with Gasteiger partial charge >= 0.3 is 0 Å². The van der Waals surface area contributed by atoms with Crippen molar-refractivity contribution < 1.29 is 4.39 Å². The molecule has 0 nitrogen and oxygen atoms in total. The van der Waals surface area contributed by atoms with E-state index in [1.807, 2.05) is 11.4 Å². The highest BCUT2D eigenvalue weighted by atomic mass is 35.5. The van der Waals surface area contributed by atoms with Gasteiger partial charge in [-0.1, -0.05) is 23.7 Å². The minimum Gasteiger partial charge on any atom is -0.207 e. The van der Waals surface area contributed by atoms with Crippen LogP contribution in [0, 0.1) is 5.82 Å². The quantitative estimate of drug-likeness (QED) is 0.665. The first-order valence-electron chi connectivity index (χ1n) is 3.76. The van der Waals surface area contributed by atoms with Crippen molar-refractivity contribution >= 4 is 22.9 Å². The van der Waals surface area contributed by atoms with Crippen LogP contribution in [0.1, 0.15) is 0 Å². The van der Waals surface area contributed by atoms with Gasteiger partial charge in [-0.05, 0) is 23.8 Å². The predicted molar refractivity (Wildman–Crippen MR) is 54.7 cm³/mol. The van der Waals surface area contributed by atoms with Crippen molar-refractivity contribution in [3.8, 4) is 10.4 Å². The topological polar surface area (TPSA) is 0 Å². The van der Waals surface area contributed by atoms with Gasteiger partial charge in [0.25, 0.3) is 0 Å². The summed E-state index contributed by atoms with van der Waals surface area (Å²) in [6.07, 6.45) is 0. The molecule has 0 aliphatic heterocycles. The van der Waals surface area contributed by atoms with Crippen LogP contribution in [0.3, 0.4) is 0 Å². The van der Waals surface area contributed by atoms with Crippen molar-refractivity contribution in [2.45, 2.75) is 0 Å². The second-order valence-electron chi connectivity index (χ2n) is 2.64.